The molecule has 0 bridgehead atoms. The molecule has 1 atom stereocenters. The van der Waals surface area contributed by atoms with E-state index in [0.717, 1.165) is 18.4 Å². The van der Waals surface area contributed by atoms with E-state index in [1.165, 1.54) is 11.8 Å². The minimum absolute atomic E-state index is 0.0833. The molecule has 1 aliphatic rings. The number of piperidine rings is 1. The Kier molecular flexibility index (Phi) is 5.40. The summed E-state index contributed by atoms with van der Waals surface area (Å²) >= 11 is 1.25. The maximum absolute atomic E-state index is 12.5. The predicted octanol–water partition coefficient (Wildman–Crippen LogP) is 2.86. The van der Waals surface area contributed by atoms with E-state index in [1.54, 1.807) is 11.8 Å². The Morgan fingerprint density at radius 1 is 1.38 bits per heavy atom. The number of likely N-dealkylation sites (tertiary alicyclic amines) is 1. The number of carbonyl (C=O) groups excluding carboxylic acids is 2. The molecule has 0 unspecified atom stereocenters. The SMILES string of the molecule is CCOC(=O)[C@H]1CCCCN1C(=O)CSc1nc2ccccc2o1. The van der Waals surface area contributed by atoms with E-state index in [0.29, 0.717) is 30.4 Å². The number of carbonyl (C=O) groups is 2. The van der Waals surface area contributed by atoms with Crippen molar-refractivity contribution in [1.29, 1.82) is 0 Å². The lowest BCUT2D eigenvalue weighted by atomic mass is 10.0. The number of thioether (sulfide) groups is 1. The van der Waals surface area contributed by atoms with Gasteiger partial charge in [0.1, 0.15) is 11.6 Å². The van der Waals surface area contributed by atoms with E-state index in [2.05, 4.69) is 4.98 Å². The van der Waals surface area contributed by atoms with Crippen LogP contribution in [0.25, 0.3) is 11.1 Å². The second-order valence-electron chi connectivity index (χ2n) is 5.59. The summed E-state index contributed by atoms with van der Waals surface area (Å²) < 4.78 is 10.7. The Bertz CT molecular complexity index is 697. The van der Waals surface area contributed by atoms with Gasteiger partial charge in [-0.15, -0.1) is 0 Å². The van der Waals surface area contributed by atoms with Gasteiger partial charge in [-0.2, -0.15) is 0 Å². The van der Waals surface area contributed by atoms with Crippen LogP contribution < -0.4 is 0 Å². The minimum atomic E-state index is -0.463. The minimum Gasteiger partial charge on any atom is -0.464 e. The molecular weight excluding hydrogens is 328 g/mol. The normalized spacial score (nSPS) is 17.9. The summed E-state index contributed by atoms with van der Waals surface area (Å²) in [6, 6.07) is 7.02. The summed E-state index contributed by atoms with van der Waals surface area (Å²) in [5, 5.41) is 0.467. The molecule has 1 aliphatic heterocycles. The topological polar surface area (TPSA) is 72.6 Å². The predicted molar refractivity (Wildman–Crippen MR) is 90.7 cm³/mol. The van der Waals surface area contributed by atoms with Gasteiger partial charge in [-0.1, -0.05) is 23.9 Å². The van der Waals surface area contributed by atoms with E-state index >= 15 is 0 Å². The van der Waals surface area contributed by atoms with Gasteiger partial charge >= 0.3 is 5.97 Å². The van der Waals surface area contributed by atoms with Crippen molar-refractivity contribution in [3.8, 4) is 0 Å². The Morgan fingerprint density at radius 2 is 2.21 bits per heavy atom. The van der Waals surface area contributed by atoms with Crippen LogP contribution in [-0.2, 0) is 14.3 Å². The fourth-order valence-electron chi connectivity index (χ4n) is 2.83. The van der Waals surface area contributed by atoms with Gasteiger partial charge in [-0.05, 0) is 38.3 Å². The van der Waals surface area contributed by atoms with Crippen LogP contribution in [-0.4, -0.2) is 46.7 Å². The number of nitrogens with zero attached hydrogens (tertiary/aromatic N) is 2. The van der Waals surface area contributed by atoms with Gasteiger partial charge in [0.05, 0.1) is 12.4 Å². The highest BCUT2D eigenvalue weighted by atomic mass is 32.2. The molecule has 0 spiro atoms. The van der Waals surface area contributed by atoms with E-state index in [9.17, 15) is 9.59 Å². The molecule has 0 radical (unpaired) electrons. The number of aromatic nitrogens is 1. The van der Waals surface area contributed by atoms with Crippen molar-refractivity contribution in [3.63, 3.8) is 0 Å². The number of hydrogen-bond acceptors (Lipinski definition) is 6. The number of esters is 1. The quantitative estimate of drug-likeness (QED) is 0.611. The lowest BCUT2D eigenvalue weighted by Gasteiger charge is -2.33. The monoisotopic (exact) mass is 348 g/mol. The van der Waals surface area contributed by atoms with Gasteiger partial charge in [0.25, 0.3) is 5.22 Å². The molecule has 0 saturated carbocycles. The maximum Gasteiger partial charge on any atom is 0.328 e. The summed E-state index contributed by atoms with van der Waals surface area (Å²) in [7, 11) is 0. The van der Waals surface area contributed by atoms with Crippen LogP contribution in [0.3, 0.4) is 0 Å². The van der Waals surface area contributed by atoms with Crippen LogP contribution in [0, 0.1) is 0 Å². The highest BCUT2D eigenvalue weighted by Crippen LogP contribution is 2.25. The zero-order valence-corrected chi connectivity index (χ0v) is 14.4. The van der Waals surface area contributed by atoms with Crippen molar-refractivity contribution < 1.29 is 18.7 Å². The second kappa shape index (κ2) is 7.70. The summed E-state index contributed by atoms with van der Waals surface area (Å²) in [6.45, 7) is 2.70. The van der Waals surface area contributed by atoms with Gasteiger partial charge in [-0.3, -0.25) is 4.79 Å². The molecule has 0 aliphatic carbocycles. The second-order valence-corrected chi connectivity index (χ2v) is 6.51. The number of fused-ring (bicyclic) bond motifs is 1. The smallest absolute Gasteiger partial charge is 0.328 e. The lowest BCUT2D eigenvalue weighted by Crippen LogP contribution is -2.49. The van der Waals surface area contributed by atoms with Crippen LogP contribution in [0.15, 0.2) is 33.9 Å². The number of oxazole rings is 1. The van der Waals surface area contributed by atoms with Crippen LogP contribution in [0.4, 0.5) is 0 Å². The molecule has 3 rings (SSSR count). The van der Waals surface area contributed by atoms with Crippen LogP contribution >= 0.6 is 11.8 Å². The Balaban J connectivity index is 1.63. The number of para-hydroxylation sites is 2. The molecule has 6 nitrogen and oxygen atoms in total. The van der Waals surface area contributed by atoms with Crippen molar-refractivity contribution in [2.75, 3.05) is 18.9 Å². The van der Waals surface area contributed by atoms with Gasteiger partial charge in [0.2, 0.25) is 5.91 Å². The Hall–Kier alpha value is -2.02. The highest BCUT2D eigenvalue weighted by molar-refractivity contribution is 7.99. The maximum atomic E-state index is 12.5. The standard InChI is InChI=1S/C17H20N2O4S/c1-2-22-16(21)13-8-5-6-10-19(13)15(20)11-24-17-18-12-7-3-4-9-14(12)23-17/h3-4,7,9,13H,2,5-6,8,10-11H2,1H3/t13-/m1/s1. The lowest BCUT2D eigenvalue weighted by molar-refractivity contribution is -0.155. The molecule has 1 saturated heterocycles. The van der Waals surface area contributed by atoms with Gasteiger partial charge in [-0.25, -0.2) is 9.78 Å². The third-order valence-electron chi connectivity index (χ3n) is 3.98. The summed E-state index contributed by atoms with van der Waals surface area (Å²) in [6.07, 6.45) is 2.51. The van der Waals surface area contributed by atoms with Crippen molar-refractivity contribution in [2.24, 2.45) is 0 Å². The molecular formula is C17H20N2O4S. The van der Waals surface area contributed by atoms with Crippen molar-refractivity contribution in [2.45, 2.75) is 37.5 Å². The van der Waals surface area contributed by atoms with Crippen LogP contribution in [0.2, 0.25) is 0 Å². The number of hydrogen-bond donors (Lipinski definition) is 0. The van der Waals surface area contributed by atoms with Crippen LogP contribution in [0.1, 0.15) is 26.2 Å². The van der Waals surface area contributed by atoms with E-state index < -0.39 is 6.04 Å². The van der Waals surface area contributed by atoms with Crippen molar-refractivity contribution >= 4 is 34.7 Å². The molecule has 1 aromatic carbocycles. The molecule has 24 heavy (non-hydrogen) atoms. The summed E-state index contributed by atoms with van der Waals surface area (Å²) in [5.74, 6) is -0.194. The molecule has 2 aromatic rings. The zero-order chi connectivity index (χ0) is 16.9. The highest BCUT2D eigenvalue weighted by Gasteiger charge is 2.33. The number of rotatable bonds is 5. The number of amides is 1. The molecule has 0 N–H and O–H groups in total. The van der Waals surface area contributed by atoms with Gasteiger partial charge < -0.3 is 14.1 Å². The fourth-order valence-corrected chi connectivity index (χ4v) is 3.56. The molecule has 1 amide bonds. The number of ether oxygens (including phenoxy) is 1. The first kappa shape index (κ1) is 16.8. The first-order chi connectivity index (χ1) is 11.7. The Labute approximate surface area is 144 Å². The molecule has 128 valence electrons. The van der Waals surface area contributed by atoms with Crippen LogP contribution in [0.5, 0.6) is 0 Å². The zero-order valence-electron chi connectivity index (χ0n) is 13.6. The third-order valence-corrected chi connectivity index (χ3v) is 4.79. The van der Waals surface area contributed by atoms with Gasteiger partial charge in [0.15, 0.2) is 5.58 Å². The summed E-state index contributed by atoms with van der Waals surface area (Å²) in [5.41, 5.74) is 1.48. The molecule has 1 fully saturated rings. The third kappa shape index (κ3) is 3.72. The molecule has 1 aromatic heterocycles. The van der Waals surface area contributed by atoms with Crippen molar-refractivity contribution in [3.05, 3.63) is 24.3 Å². The van der Waals surface area contributed by atoms with Gasteiger partial charge in [0, 0.05) is 6.54 Å². The van der Waals surface area contributed by atoms with E-state index in [-0.39, 0.29) is 17.6 Å². The average Bonchev–Trinajstić information content (AvgIpc) is 3.03. The molecule has 7 heteroatoms. The Morgan fingerprint density at radius 3 is 3.00 bits per heavy atom. The first-order valence-corrected chi connectivity index (χ1v) is 9.12. The average molecular weight is 348 g/mol. The van der Waals surface area contributed by atoms with E-state index in [1.807, 2.05) is 24.3 Å². The summed E-state index contributed by atoms with van der Waals surface area (Å²) in [4.78, 5) is 30.6. The molecule has 2 heterocycles. The largest absolute Gasteiger partial charge is 0.464 e. The fraction of sp³-hybridized carbons (Fsp3) is 0.471. The number of benzene rings is 1. The van der Waals surface area contributed by atoms with Crippen molar-refractivity contribution in [1.82, 2.24) is 9.88 Å². The first-order valence-electron chi connectivity index (χ1n) is 8.13. The van der Waals surface area contributed by atoms with E-state index in [4.69, 9.17) is 9.15 Å².